The van der Waals surface area contributed by atoms with Crippen molar-refractivity contribution in [2.24, 2.45) is 5.92 Å². The highest BCUT2D eigenvalue weighted by atomic mass is 35.5. The normalized spacial score (nSPS) is 12.4. The molecule has 1 heterocycles. The Labute approximate surface area is 184 Å². The molecule has 0 aliphatic heterocycles. The molecule has 5 nitrogen and oxygen atoms in total. The minimum atomic E-state index is -0.691. The number of amides is 1. The third-order valence-electron chi connectivity index (χ3n) is 4.37. The Morgan fingerprint density at radius 3 is 2.43 bits per heavy atom. The van der Waals surface area contributed by atoms with Crippen molar-refractivity contribution in [3.05, 3.63) is 50.6 Å². The number of anilines is 1. The molecule has 0 aliphatic carbocycles. The van der Waals surface area contributed by atoms with E-state index in [1.165, 1.54) is 23.5 Å². The van der Waals surface area contributed by atoms with Gasteiger partial charge in [-0.3, -0.25) is 14.4 Å². The van der Waals surface area contributed by atoms with Crippen molar-refractivity contribution in [1.29, 1.82) is 0 Å². The van der Waals surface area contributed by atoms with Crippen molar-refractivity contribution in [2.45, 2.75) is 53.6 Å². The van der Waals surface area contributed by atoms with E-state index >= 15 is 0 Å². The van der Waals surface area contributed by atoms with Crippen LogP contribution in [0.1, 0.15) is 60.5 Å². The molecule has 1 amide bonds. The molecule has 0 bridgehead atoms. The van der Waals surface area contributed by atoms with E-state index in [9.17, 15) is 18.8 Å². The van der Waals surface area contributed by atoms with E-state index in [1.807, 2.05) is 6.92 Å². The summed E-state index contributed by atoms with van der Waals surface area (Å²) in [4.78, 5) is 38.5. The van der Waals surface area contributed by atoms with Gasteiger partial charge in [0.15, 0.2) is 5.78 Å². The zero-order valence-corrected chi connectivity index (χ0v) is 19.4. The summed E-state index contributed by atoms with van der Waals surface area (Å²) in [6.07, 6.45) is -0.0852. The van der Waals surface area contributed by atoms with Crippen LogP contribution in [0.3, 0.4) is 0 Å². The van der Waals surface area contributed by atoms with Gasteiger partial charge in [-0.1, -0.05) is 18.5 Å². The molecule has 2 rings (SSSR count). The lowest BCUT2D eigenvalue weighted by Gasteiger charge is -2.20. The maximum absolute atomic E-state index is 13.8. The Kier molecular flexibility index (Phi) is 7.42. The van der Waals surface area contributed by atoms with E-state index in [2.05, 4.69) is 5.32 Å². The minimum Gasteiger partial charge on any atom is -0.460 e. The van der Waals surface area contributed by atoms with Crippen LogP contribution < -0.4 is 5.32 Å². The molecule has 1 unspecified atom stereocenters. The lowest BCUT2D eigenvalue weighted by Crippen LogP contribution is -2.28. The van der Waals surface area contributed by atoms with Crippen LogP contribution in [-0.4, -0.2) is 23.3 Å². The summed E-state index contributed by atoms with van der Waals surface area (Å²) in [5.41, 5.74) is 0.505. The van der Waals surface area contributed by atoms with Gasteiger partial charge in [0.1, 0.15) is 16.4 Å². The number of hydrogen-bond donors (Lipinski definition) is 1. The second-order valence-electron chi connectivity index (χ2n) is 8.13. The quantitative estimate of drug-likeness (QED) is 0.450. The van der Waals surface area contributed by atoms with E-state index in [4.69, 9.17) is 16.3 Å². The monoisotopic (exact) mass is 453 g/mol. The predicted octanol–water partition coefficient (Wildman–Crippen LogP) is 5.69. The maximum atomic E-state index is 13.8. The van der Waals surface area contributed by atoms with Crippen LogP contribution in [0.4, 0.5) is 9.39 Å². The molecule has 1 atom stereocenters. The second kappa shape index (κ2) is 9.27. The summed E-state index contributed by atoms with van der Waals surface area (Å²) >= 11 is 6.96. The molecule has 30 heavy (non-hydrogen) atoms. The molecular formula is C22H25ClFNO4S. The van der Waals surface area contributed by atoms with Crippen molar-refractivity contribution in [3.63, 3.8) is 0 Å². The van der Waals surface area contributed by atoms with Gasteiger partial charge in [0, 0.05) is 16.4 Å². The summed E-state index contributed by atoms with van der Waals surface area (Å²) in [6.45, 7) is 10.5. The smallest absolute Gasteiger partial charge is 0.307 e. The first-order valence-corrected chi connectivity index (χ1v) is 10.6. The van der Waals surface area contributed by atoms with Gasteiger partial charge in [-0.15, -0.1) is 11.3 Å². The molecular weight excluding hydrogens is 429 g/mol. The number of thiophene rings is 1. The first kappa shape index (κ1) is 24.0. The zero-order chi connectivity index (χ0) is 22.8. The zero-order valence-electron chi connectivity index (χ0n) is 17.8. The number of carbonyl (C=O) groups excluding carboxylic acids is 3. The highest BCUT2D eigenvalue weighted by molar-refractivity contribution is 7.16. The van der Waals surface area contributed by atoms with Crippen molar-refractivity contribution < 1.29 is 23.5 Å². The highest BCUT2D eigenvalue weighted by Crippen LogP contribution is 2.35. The van der Waals surface area contributed by atoms with Crippen molar-refractivity contribution in [3.8, 4) is 0 Å². The van der Waals surface area contributed by atoms with E-state index in [-0.39, 0.29) is 17.0 Å². The third kappa shape index (κ3) is 5.89. The Balaban J connectivity index is 2.23. The Bertz CT molecular complexity index is 994. The largest absolute Gasteiger partial charge is 0.460 e. The van der Waals surface area contributed by atoms with Gasteiger partial charge in [-0.25, -0.2) is 4.39 Å². The van der Waals surface area contributed by atoms with Crippen LogP contribution in [0.15, 0.2) is 18.2 Å². The number of benzene rings is 1. The lowest BCUT2D eigenvalue weighted by molar-refractivity contribution is -0.156. The number of nitrogens with one attached hydrogen (secondary N) is 1. The summed E-state index contributed by atoms with van der Waals surface area (Å²) in [5, 5.41) is 3.04. The molecule has 8 heteroatoms. The van der Waals surface area contributed by atoms with Crippen LogP contribution in [0.25, 0.3) is 0 Å². The number of esters is 1. The average Bonchev–Trinajstić information content (AvgIpc) is 2.88. The molecule has 0 saturated heterocycles. The number of rotatable bonds is 6. The van der Waals surface area contributed by atoms with Crippen molar-refractivity contribution in [1.82, 2.24) is 0 Å². The molecule has 0 fully saturated rings. The van der Waals surface area contributed by atoms with E-state index in [1.54, 1.807) is 34.6 Å². The molecule has 1 aromatic heterocycles. The number of halogens is 2. The summed E-state index contributed by atoms with van der Waals surface area (Å²) in [5.74, 6) is -2.64. The van der Waals surface area contributed by atoms with Crippen LogP contribution in [0.2, 0.25) is 5.02 Å². The molecule has 1 N–H and O–H groups in total. The lowest BCUT2D eigenvalue weighted by atomic mass is 10.0. The fourth-order valence-corrected chi connectivity index (χ4v) is 3.91. The standard InChI is InChI=1S/C22H25ClFNO4S/c1-11(9-17(26)29-22(4,5)6)20(28)25-21-18(12(2)13(3)30-21)19(27)14-7-8-15(23)16(24)10-14/h7-8,10-11H,9H2,1-6H3,(H,25,28). The summed E-state index contributed by atoms with van der Waals surface area (Å²) < 4.78 is 19.1. The van der Waals surface area contributed by atoms with Gasteiger partial charge >= 0.3 is 5.97 Å². The second-order valence-corrected chi connectivity index (χ2v) is 9.76. The molecule has 162 valence electrons. The third-order valence-corrected chi connectivity index (χ3v) is 5.80. The van der Waals surface area contributed by atoms with Gasteiger partial charge < -0.3 is 10.1 Å². The molecule has 0 saturated carbocycles. The number of carbonyl (C=O) groups is 3. The first-order valence-electron chi connectivity index (χ1n) is 9.42. The summed E-state index contributed by atoms with van der Waals surface area (Å²) in [6, 6.07) is 3.84. The van der Waals surface area contributed by atoms with Gasteiger partial charge in [0.25, 0.3) is 0 Å². The topological polar surface area (TPSA) is 72.5 Å². The molecule has 0 radical (unpaired) electrons. The summed E-state index contributed by atoms with van der Waals surface area (Å²) in [7, 11) is 0. The van der Waals surface area contributed by atoms with Crippen LogP contribution >= 0.6 is 22.9 Å². The first-order chi connectivity index (χ1) is 13.8. The molecule has 0 spiro atoms. The van der Waals surface area contributed by atoms with E-state index in [0.29, 0.717) is 16.1 Å². The SMILES string of the molecule is Cc1sc(NC(=O)C(C)CC(=O)OC(C)(C)C)c(C(=O)c2ccc(Cl)c(F)c2)c1C. The van der Waals surface area contributed by atoms with Gasteiger partial charge in [-0.2, -0.15) is 0 Å². The van der Waals surface area contributed by atoms with Crippen LogP contribution in [-0.2, 0) is 14.3 Å². The fourth-order valence-electron chi connectivity index (χ4n) is 2.73. The highest BCUT2D eigenvalue weighted by Gasteiger charge is 2.26. The molecule has 1 aromatic carbocycles. The number of ketones is 1. The predicted molar refractivity (Wildman–Crippen MR) is 117 cm³/mol. The fraction of sp³-hybridized carbons (Fsp3) is 0.409. The molecule has 2 aromatic rings. The van der Waals surface area contributed by atoms with Crippen molar-refractivity contribution >= 4 is 45.6 Å². The number of aryl methyl sites for hydroxylation is 1. The Morgan fingerprint density at radius 1 is 1.23 bits per heavy atom. The van der Waals surface area contributed by atoms with Crippen molar-refractivity contribution in [2.75, 3.05) is 5.32 Å². The van der Waals surface area contributed by atoms with Gasteiger partial charge in [0.2, 0.25) is 5.91 Å². The van der Waals surface area contributed by atoms with Gasteiger partial charge in [0.05, 0.1) is 17.0 Å². The Morgan fingerprint density at radius 2 is 1.87 bits per heavy atom. The Hall–Kier alpha value is -2.25. The van der Waals surface area contributed by atoms with Crippen LogP contribution in [0.5, 0.6) is 0 Å². The van der Waals surface area contributed by atoms with E-state index in [0.717, 1.165) is 10.9 Å². The van der Waals surface area contributed by atoms with Gasteiger partial charge in [-0.05, 0) is 58.4 Å². The minimum absolute atomic E-state index is 0.0748. The van der Waals surface area contributed by atoms with Crippen LogP contribution in [0, 0.1) is 25.6 Å². The average molecular weight is 454 g/mol. The number of ether oxygens (including phenoxy) is 1. The molecule has 0 aliphatic rings. The maximum Gasteiger partial charge on any atom is 0.307 e. The van der Waals surface area contributed by atoms with E-state index < -0.39 is 35.0 Å². The number of hydrogen-bond acceptors (Lipinski definition) is 5.